The first-order chi connectivity index (χ1) is 20.3. The van der Waals surface area contributed by atoms with Crippen LogP contribution in [0.1, 0.15) is 28.7 Å². The maximum Gasteiger partial charge on any atom is 0.308 e. The summed E-state index contributed by atoms with van der Waals surface area (Å²) in [5.41, 5.74) is 2.98. The third kappa shape index (κ3) is 7.84. The van der Waals surface area contributed by atoms with Crippen molar-refractivity contribution in [1.82, 2.24) is 0 Å². The number of rotatable bonds is 15. The summed E-state index contributed by atoms with van der Waals surface area (Å²) < 4.78 is 37.4. The van der Waals surface area contributed by atoms with Crippen LogP contribution in [0.25, 0.3) is 12.2 Å². The van der Waals surface area contributed by atoms with Crippen LogP contribution in [0.3, 0.4) is 0 Å². The number of methoxy groups -OCH3 is 6. The molecule has 0 heterocycles. The number of benzene rings is 3. The molecule has 0 aliphatic carbocycles. The molecule has 0 spiro atoms. The number of hydrogen-bond donors (Lipinski definition) is 0. The van der Waals surface area contributed by atoms with Crippen LogP contribution in [0.5, 0.6) is 34.5 Å². The third-order valence-corrected chi connectivity index (χ3v) is 6.48. The standard InChI is InChI=1S/C31H35NO10/c1-36-25-12-9-20(7-8-21-16-28(38-3)31(41-6)29(17-21)39-4)15-23(25)11-10-22-18-26(37-2)27(19-24(22)32(34)35)42-14-13-30(33)40-5/h7-9,12,15-19H,10-11,13-14H2,1-6H3/b8-7-. The Kier molecular flexibility index (Phi) is 11.4. The van der Waals surface area contributed by atoms with E-state index in [4.69, 9.17) is 28.4 Å². The average molecular weight is 582 g/mol. The van der Waals surface area contributed by atoms with Gasteiger partial charge in [0.1, 0.15) is 5.75 Å². The second-order valence-corrected chi connectivity index (χ2v) is 8.93. The van der Waals surface area contributed by atoms with Crippen LogP contribution in [0.4, 0.5) is 5.69 Å². The fourth-order valence-electron chi connectivity index (χ4n) is 4.34. The number of nitro groups is 1. The SMILES string of the molecule is COC(=O)CCOc1cc([N+](=O)[O-])c(CCc2cc(/C=C\c3cc(OC)c(OC)c(OC)c3)ccc2OC)cc1OC. The van der Waals surface area contributed by atoms with E-state index >= 15 is 0 Å². The van der Waals surface area contributed by atoms with E-state index in [0.717, 1.165) is 16.7 Å². The highest BCUT2D eigenvalue weighted by Crippen LogP contribution is 2.39. The Morgan fingerprint density at radius 1 is 0.714 bits per heavy atom. The molecule has 0 bridgehead atoms. The Morgan fingerprint density at radius 3 is 1.90 bits per heavy atom. The van der Waals surface area contributed by atoms with Gasteiger partial charge in [0.25, 0.3) is 5.69 Å². The molecule has 0 saturated carbocycles. The molecule has 0 aromatic heterocycles. The minimum atomic E-state index is -0.463. The van der Waals surface area contributed by atoms with Crippen molar-refractivity contribution >= 4 is 23.8 Å². The zero-order valence-electron chi connectivity index (χ0n) is 24.6. The summed E-state index contributed by atoms with van der Waals surface area (Å²) >= 11 is 0. The molecular formula is C31H35NO10. The number of aryl methyl sites for hydroxylation is 2. The van der Waals surface area contributed by atoms with Gasteiger partial charge in [-0.25, -0.2) is 0 Å². The lowest BCUT2D eigenvalue weighted by Crippen LogP contribution is -2.09. The van der Waals surface area contributed by atoms with Crippen LogP contribution >= 0.6 is 0 Å². The van der Waals surface area contributed by atoms with Crippen molar-refractivity contribution in [3.05, 3.63) is 74.8 Å². The van der Waals surface area contributed by atoms with Gasteiger partial charge in [-0.05, 0) is 59.9 Å². The molecule has 42 heavy (non-hydrogen) atoms. The zero-order valence-corrected chi connectivity index (χ0v) is 24.6. The number of esters is 1. The van der Waals surface area contributed by atoms with Crippen molar-refractivity contribution in [3.63, 3.8) is 0 Å². The van der Waals surface area contributed by atoms with Crippen LogP contribution in [0, 0.1) is 10.1 Å². The first kappa shape index (κ1) is 31.6. The van der Waals surface area contributed by atoms with Crippen molar-refractivity contribution < 1.29 is 42.9 Å². The summed E-state index contributed by atoms with van der Waals surface area (Å²) in [6.07, 6.45) is 4.66. The summed E-state index contributed by atoms with van der Waals surface area (Å²) in [5.74, 6) is 2.32. The van der Waals surface area contributed by atoms with E-state index in [1.807, 2.05) is 42.5 Å². The molecule has 0 atom stereocenters. The quantitative estimate of drug-likeness (QED) is 0.0978. The summed E-state index contributed by atoms with van der Waals surface area (Å²) in [4.78, 5) is 22.9. The van der Waals surface area contributed by atoms with Gasteiger partial charge in [-0.15, -0.1) is 0 Å². The molecule has 11 nitrogen and oxygen atoms in total. The van der Waals surface area contributed by atoms with Crippen LogP contribution in [0.15, 0.2) is 42.5 Å². The molecule has 224 valence electrons. The lowest BCUT2D eigenvalue weighted by molar-refractivity contribution is -0.385. The molecule has 0 saturated heterocycles. The first-order valence-corrected chi connectivity index (χ1v) is 13.0. The van der Waals surface area contributed by atoms with E-state index < -0.39 is 10.9 Å². The van der Waals surface area contributed by atoms with E-state index in [1.54, 1.807) is 34.5 Å². The Hall–Kier alpha value is -4.93. The van der Waals surface area contributed by atoms with Gasteiger partial charge in [0, 0.05) is 5.56 Å². The Labute approximate surface area is 244 Å². The number of hydrogen-bond acceptors (Lipinski definition) is 10. The number of nitrogens with zero attached hydrogens (tertiary/aromatic N) is 1. The van der Waals surface area contributed by atoms with Gasteiger partial charge in [-0.1, -0.05) is 18.2 Å². The van der Waals surface area contributed by atoms with Gasteiger partial charge in [-0.3, -0.25) is 14.9 Å². The summed E-state index contributed by atoms with van der Waals surface area (Å²) in [5, 5.41) is 11.9. The zero-order chi connectivity index (χ0) is 30.6. The lowest BCUT2D eigenvalue weighted by Gasteiger charge is -2.14. The van der Waals surface area contributed by atoms with Gasteiger partial charge < -0.3 is 33.2 Å². The third-order valence-electron chi connectivity index (χ3n) is 6.48. The largest absolute Gasteiger partial charge is 0.496 e. The predicted octanol–water partition coefficient (Wildman–Crippen LogP) is 5.54. The molecule has 0 fully saturated rings. The summed E-state index contributed by atoms with van der Waals surface area (Å²) in [6, 6.07) is 12.3. The normalized spacial score (nSPS) is 10.7. The van der Waals surface area contributed by atoms with Crippen LogP contribution < -0.4 is 28.4 Å². The maximum absolute atomic E-state index is 11.9. The van der Waals surface area contributed by atoms with Crippen LogP contribution in [-0.2, 0) is 22.4 Å². The maximum atomic E-state index is 11.9. The molecule has 11 heteroatoms. The van der Waals surface area contributed by atoms with E-state index in [-0.39, 0.29) is 24.5 Å². The number of carbonyl (C=O) groups excluding carboxylic acids is 1. The topological polar surface area (TPSA) is 125 Å². The van der Waals surface area contributed by atoms with Crippen molar-refractivity contribution in [1.29, 1.82) is 0 Å². The minimum Gasteiger partial charge on any atom is -0.496 e. The molecule has 0 aliphatic heterocycles. The second-order valence-electron chi connectivity index (χ2n) is 8.93. The van der Waals surface area contributed by atoms with Gasteiger partial charge >= 0.3 is 5.97 Å². The Bertz CT molecular complexity index is 1410. The molecule has 0 unspecified atom stereocenters. The smallest absolute Gasteiger partial charge is 0.308 e. The predicted molar refractivity (Wildman–Crippen MR) is 157 cm³/mol. The van der Waals surface area contributed by atoms with Crippen molar-refractivity contribution in [3.8, 4) is 34.5 Å². The monoisotopic (exact) mass is 581 g/mol. The average Bonchev–Trinajstić information content (AvgIpc) is 3.01. The van der Waals surface area contributed by atoms with E-state index in [1.165, 1.54) is 20.3 Å². The summed E-state index contributed by atoms with van der Waals surface area (Å²) in [7, 11) is 8.98. The number of carbonyl (C=O) groups is 1. The highest BCUT2D eigenvalue weighted by molar-refractivity contribution is 5.73. The molecule has 0 amide bonds. The van der Waals surface area contributed by atoms with Gasteiger partial charge in [0.2, 0.25) is 5.75 Å². The highest BCUT2D eigenvalue weighted by atomic mass is 16.6. The van der Waals surface area contributed by atoms with E-state index in [0.29, 0.717) is 47.2 Å². The molecular weight excluding hydrogens is 546 g/mol. The highest BCUT2D eigenvalue weighted by Gasteiger charge is 2.21. The van der Waals surface area contributed by atoms with Crippen molar-refractivity contribution in [2.45, 2.75) is 19.3 Å². The fraction of sp³-hybridized carbons (Fsp3) is 0.323. The lowest BCUT2D eigenvalue weighted by atomic mass is 9.99. The van der Waals surface area contributed by atoms with Gasteiger partial charge in [0.15, 0.2) is 23.0 Å². The number of ether oxygens (including phenoxy) is 7. The Morgan fingerprint density at radius 2 is 1.33 bits per heavy atom. The van der Waals surface area contributed by atoms with Crippen LogP contribution in [-0.4, -0.2) is 60.2 Å². The van der Waals surface area contributed by atoms with Crippen molar-refractivity contribution in [2.24, 2.45) is 0 Å². The molecule has 0 N–H and O–H groups in total. The fourth-order valence-corrected chi connectivity index (χ4v) is 4.34. The molecule has 3 aromatic carbocycles. The minimum absolute atomic E-state index is 0.000656. The molecule has 0 radical (unpaired) electrons. The summed E-state index contributed by atoms with van der Waals surface area (Å²) in [6.45, 7) is -0.00681. The number of nitro benzene ring substituents is 1. The van der Waals surface area contributed by atoms with E-state index in [2.05, 4.69) is 4.74 Å². The van der Waals surface area contributed by atoms with Crippen molar-refractivity contribution in [2.75, 3.05) is 49.3 Å². The first-order valence-electron chi connectivity index (χ1n) is 13.0. The van der Waals surface area contributed by atoms with Gasteiger partial charge in [-0.2, -0.15) is 0 Å². The van der Waals surface area contributed by atoms with E-state index in [9.17, 15) is 14.9 Å². The Balaban J connectivity index is 1.86. The second kappa shape index (κ2) is 15.2. The molecule has 3 aromatic rings. The molecule has 0 aliphatic rings. The molecule has 3 rings (SSSR count). The van der Waals surface area contributed by atoms with Crippen LogP contribution in [0.2, 0.25) is 0 Å². The van der Waals surface area contributed by atoms with Gasteiger partial charge in [0.05, 0.1) is 66.7 Å².